The van der Waals surface area contributed by atoms with Crippen LogP contribution in [-0.4, -0.2) is 9.02 Å². The fourth-order valence-corrected chi connectivity index (χ4v) is 0.374. The van der Waals surface area contributed by atoms with E-state index in [4.69, 9.17) is 9.02 Å². The molecule has 0 fully saturated rings. The zero-order valence-corrected chi connectivity index (χ0v) is 5.76. The van der Waals surface area contributed by atoms with Crippen molar-refractivity contribution in [2.24, 2.45) is 0 Å². The SMILES string of the molecule is [O]=[Mo]([OH])(=[S])[O]OO. The average Bonchev–Trinajstić information content (AvgIpc) is 1.30. The van der Waals surface area contributed by atoms with E-state index in [1.807, 2.05) is 0 Å². The first kappa shape index (κ1) is 7.55. The van der Waals surface area contributed by atoms with Crippen LogP contribution in [0.25, 0.3) is 0 Å². The van der Waals surface area contributed by atoms with E-state index in [0.29, 0.717) is 0 Å². The zero-order chi connectivity index (χ0) is 5.91. The monoisotopic (exact) mass is 212 g/mol. The van der Waals surface area contributed by atoms with Crippen molar-refractivity contribution in [2.75, 3.05) is 0 Å². The van der Waals surface area contributed by atoms with Gasteiger partial charge in [0.1, 0.15) is 0 Å². The van der Waals surface area contributed by atoms with Crippen molar-refractivity contribution in [3.05, 3.63) is 0 Å². The molecular formula is H2MoO5S. The molecule has 0 amide bonds. The summed E-state index contributed by atoms with van der Waals surface area (Å²) >= 11 is -4.74. The maximum absolute atomic E-state index is 9.76. The summed E-state index contributed by atoms with van der Waals surface area (Å²) in [7, 11) is 3.77. The van der Waals surface area contributed by atoms with Gasteiger partial charge in [0.15, 0.2) is 0 Å². The predicted molar refractivity (Wildman–Crippen MR) is 15.3 cm³/mol. The van der Waals surface area contributed by atoms with Gasteiger partial charge in [-0.2, -0.15) is 0 Å². The molecule has 0 saturated heterocycles. The molecule has 0 aromatic heterocycles. The summed E-state index contributed by atoms with van der Waals surface area (Å²) in [6.07, 6.45) is 0. The third-order valence-electron chi connectivity index (χ3n) is 0.116. The predicted octanol–water partition coefficient (Wildman–Crippen LogP) is -0.158. The second-order valence-corrected chi connectivity index (χ2v) is 5.50. The van der Waals surface area contributed by atoms with Gasteiger partial charge in [-0.25, -0.2) is 0 Å². The van der Waals surface area contributed by atoms with Crippen molar-refractivity contribution in [3.8, 4) is 0 Å². The molecule has 44 valence electrons. The number of rotatable bonds is 2. The molecule has 0 spiro atoms. The first-order valence-corrected chi connectivity index (χ1v) is 6.36. The summed E-state index contributed by atoms with van der Waals surface area (Å²) < 4.78 is 21.0. The van der Waals surface area contributed by atoms with Gasteiger partial charge < -0.3 is 0 Å². The van der Waals surface area contributed by atoms with E-state index in [9.17, 15) is 3.40 Å². The van der Waals surface area contributed by atoms with E-state index >= 15 is 0 Å². The van der Waals surface area contributed by atoms with Crippen LogP contribution >= 0.6 is 9.82 Å². The van der Waals surface area contributed by atoms with Crippen molar-refractivity contribution in [1.29, 1.82) is 0 Å². The summed E-state index contributed by atoms with van der Waals surface area (Å²) in [6, 6.07) is 0. The molecule has 0 bridgehead atoms. The summed E-state index contributed by atoms with van der Waals surface area (Å²) in [5.41, 5.74) is 0. The number of hydrogen-bond acceptors (Lipinski definition) is 5. The number of hydrogen-bond donors (Lipinski definition) is 2. The van der Waals surface area contributed by atoms with Crippen LogP contribution in [0.5, 0.6) is 0 Å². The van der Waals surface area contributed by atoms with Gasteiger partial charge >= 0.3 is 45.8 Å². The van der Waals surface area contributed by atoms with Gasteiger partial charge in [0.2, 0.25) is 0 Å². The molecule has 1 atom stereocenters. The van der Waals surface area contributed by atoms with Crippen LogP contribution in [0, 0.1) is 0 Å². The van der Waals surface area contributed by atoms with Crippen molar-refractivity contribution in [3.63, 3.8) is 0 Å². The Hall–Kier alpha value is 0.548. The molecule has 0 aliphatic carbocycles. The van der Waals surface area contributed by atoms with Crippen molar-refractivity contribution < 1.29 is 36.0 Å². The third-order valence-corrected chi connectivity index (χ3v) is 1.02. The first-order valence-electron chi connectivity index (χ1n) is 1.03. The molecule has 0 heterocycles. The molecule has 0 aromatic rings. The van der Waals surface area contributed by atoms with E-state index in [1.165, 1.54) is 0 Å². The van der Waals surface area contributed by atoms with Crippen LogP contribution in [0.1, 0.15) is 0 Å². The van der Waals surface area contributed by atoms with Crippen molar-refractivity contribution in [1.82, 2.24) is 0 Å². The van der Waals surface area contributed by atoms with Gasteiger partial charge in [-0.15, -0.1) is 0 Å². The van der Waals surface area contributed by atoms with Crippen LogP contribution in [0.4, 0.5) is 0 Å². The second-order valence-electron chi connectivity index (χ2n) is 0.570. The molecule has 0 rings (SSSR count). The summed E-state index contributed by atoms with van der Waals surface area (Å²) in [5.74, 6) is 0. The standard InChI is InChI=1S/Mo.H2O3.H2O.O.S/c;1-3-2;;;/h;1-2H;1H2;;/q+2;;;;/p-2. The molecule has 0 aliphatic heterocycles. The van der Waals surface area contributed by atoms with Crippen molar-refractivity contribution in [2.45, 2.75) is 0 Å². The summed E-state index contributed by atoms with van der Waals surface area (Å²) in [6.45, 7) is 0. The quantitative estimate of drug-likeness (QED) is 0.374. The minimum atomic E-state index is -4.74. The van der Waals surface area contributed by atoms with Gasteiger partial charge in [-0.05, 0) is 0 Å². The van der Waals surface area contributed by atoms with Gasteiger partial charge in [0.25, 0.3) is 0 Å². The Morgan fingerprint density at radius 1 is 1.71 bits per heavy atom. The van der Waals surface area contributed by atoms with Crippen molar-refractivity contribution >= 4 is 9.82 Å². The van der Waals surface area contributed by atoms with Crippen LogP contribution < -0.4 is 0 Å². The van der Waals surface area contributed by atoms with Gasteiger partial charge in [-0.3, -0.25) is 0 Å². The van der Waals surface area contributed by atoms with Gasteiger partial charge in [0.05, 0.1) is 0 Å². The Kier molecular flexibility index (Phi) is 2.97. The van der Waals surface area contributed by atoms with Crippen LogP contribution in [0.15, 0.2) is 0 Å². The average molecular weight is 210 g/mol. The molecule has 0 radical (unpaired) electrons. The Morgan fingerprint density at radius 3 is 2.14 bits per heavy atom. The molecule has 7 heteroatoms. The molecule has 0 aromatic carbocycles. The Morgan fingerprint density at radius 2 is 2.14 bits per heavy atom. The second kappa shape index (κ2) is 2.76. The first-order chi connectivity index (χ1) is 3.06. The van der Waals surface area contributed by atoms with E-state index in [1.54, 1.807) is 0 Å². The molecule has 1 unspecified atom stereocenters. The Labute approximate surface area is 46.2 Å². The third kappa shape index (κ3) is 6.55. The Balaban J connectivity index is 3.60. The van der Waals surface area contributed by atoms with E-state index in [0.717, 1.165) is 0 Å². The van der Waals surface area contributed by atoms with Gasteiger partial charge in [-0.1, -0.05) is 0 Å². The fourth-order valence-electron chi connectivity index (χ4n) is 0.0385. The van der Waals surface area contributed by atoms with Gasteiger partial charge in [0, 0.05) is 0 Å². The summed E-state index contributed by atoms with van der Waals surface area (Å²) in [4.78, 5) is 0. The minimum absolute atomic E-state index is 2.82. The fraction of sp³-hybridized carbons (Fsp3) is 0. The van der Waals surface area contributed by atoms with E-state index in [2.05, 4.69) is 18.4 Å². The zero-order valence-electron chi connectivity index (χ0n) is 2.94. The van der Waals surface area contributed by atoms with Crippen LogP contribution in [0.3, 0.4) is 0 Å². The topological polar surface area (TPSA) is 76.0 Å². The Bertz CT molecular complexity index is 121. The van der Waals surface area contributed by atoms with E-state index in [-0.39, 0.29) is 0 Å². The molecule has 7 heavy (non-hydrogen) atoms. The molecule has 0 saturated carbocycles. The van der Waals surface area contributed by atoms with E-state index < -0.39 is 15.0 Å². The molecule has 5 nitrogen and oxygen atoms in total. The molecule has 2 N–H and O–H groups in total. The normalized spacial score (nSPS) is 18.6. The van der Waals surface area contributed by atoms with Crippen LogP contribution in [0.2, 0.25) is 0 Å². The van der Waals surface area contributed by atoms with Crippen LogP contribution in [-0.2, 0) is 26.9 Å². The summed E-state index contributed by atoms with van der Waals surface area (Å²) in [5, 5.41) is 10.1. The maximum atomic E-state index is 9.76. The molecule has 0 aliphatic rings. The molecular weight excluding hydrogens is 208 g/mol.